The van der Waals surface area contributed by atoms with E-state index in [1.165, 1.54) is 32.1 Å². The van der Waals surface area contributed by atoms with E-state index in [0.29, 0.717) is 0 Å². The number of nitrogens with zero attached hydrogens (tertiary/aromatic N) is 1. The molecule has 1 rings (SSSR count). The molecule has 0 saturated heterocycles. The molecule has 1 heterocycles. The highest BCUT2D eigenvalue weighted by atomic mass is 16.7. The van der Waals surface area contributed by atoms with Gasteiger partial charge in [-0.15, -0.1) is 0 Å². The van der Waals surface area contributed by atoms with Crippen molar-refractivity contribution in [1.29, 1.82) is 0 Å². The van der Waals surface area contributed by atoms with Gasteiger partial charge < -0.3 is 4.84 Å². The predicted molar refractivity (Wildman–Crippen MR) is 64.0 cm³/mol. The Hall–Kier alpha value is -0.920. The molecular weight excluding hydrogens is 186 g/mol. The SMILES string of the molecule is CCCCC(CC)CCN1C=CC=CO1. The molecule has 0 bridgehead atoms. The summed E-state index contributed by atoms with van der Waals surface area (Å²) in [5, 5.41) is 1.91. The van der Waals surface area contributed by atoms with Crippen LogP contribution in [0.5, 0.6) is 0 Å². The van der Waals surface area contributed by atoms with Gasteiger partial charge in [-0.05, 0) is 24.5 Å². The lowest BCUT2D eigenvalue weighted by molar-refractivity contribution is -0.0630. The highest BCUT2D eigenvalue weighted by Gasteiger charge is 2.08. The van der Waals surface area contributed by atoms with Crippen molar-refractivity contribution >= 4 is 0 Å². The smallest absolute Gasteiger partial charge is 0.119 e. The van der Waals surface area contributed by atoms with E-state index in [0.717, 1.165) is 12.5 Å². The van der Waals surface area contributed by atoms with Crippen molar-refractivity contribution < 1.29 is 4.84 Å². The van der Waals surface area contributed by atoms with Gasteiger partial charge in [-0.2, -0.15) is 0 Å². The van der Waals surface area contributed by atoms with Crippen molar-refractivity contribution in [3.8, 4) is 0 Å². The number of unbranched alkanes of at least 4 members (excludes halogenated alkanes) is 1. The third kappa shape index (κ3) is 4.91. The van der Waals surface area contributed by atoms with Gasteiger partial charge in [-0.1, -0.05) is 39.5 Å². The van der Waals surface area contributed by atoms with Crippen LogP contribution < -0.4 is 0 Å². The van der Waals surface area contributed by atoms with Crippen molar-refractivity contribution in [3.05, 3.63) is 24.6 Å². The maximum absolute atomic E-state index is 5.34. The first-order valence-corrected chi connectivity index (χ1v) is 6.13. The lowest BCUT2D eigenvalue weighted by Gasteiger charge is -2.22. The summed E-state index contributed by atoms with van der Waals surface area (Å²) in [6, 6.07) is 0. The lowest BCUT2D eigenvalue weighted by atomic mass is 9.96. The van der Waals surface area contributed by atoms with E-state index in [9.17, 15) is 0 Å². The minimum atomic E-state index is 0.854. The molecule has 0 aromatic carbocycles. The third-order valence-electron chi connectivity index (χ3n) is 2.94. The first-order chi connectivity index (χ1) is 7.36. The Balaban J connectivity index is 2.15. The first-order valence-electron chi connectivity index (χ1n) is 6.13. The summed E-state index contributed by atoms with van der Waals surface area (Å²) in [7, 11) is 0. The van der Waals surface area contributed by atoms with E-state index in [1.54, 1.807) is 6.26 Å². The molecule has 0 aromatic heterocycles. The molecule has 1 aliphatic heterocycles. The van der Waals surface area contributed by atoms with Gasteiger partial charge in [0.05, 0.1) is 6.54 Å². The van der Waals surface area contributed by atoms with Gasteiger partial charge in [-0.3, -0.25) is 0 Å². The normalized spacial score (nSPS) is 16.5. The zero-order valence-electron chi connectivity index (χ0n) is 9.98. The number of hydrogen-bond donors (Lipinski definition) is 0. The van der Waals surface area contributed by atoms with Gasteiger partial charge in [0.25, 0.3) is 0 Å². The average molecular weight is 209 g/mol. The Morgan fingerprint density at radius 1 is 1.20 bits per heavy atom. The molecular formula is C13H23NO. The monoisotopic (exact) mass is 209 g/mol. The summed E-state index contributed by atoms with van der Waals surface area (Å²) < 4.78 is 0. The topological polar surface area (TPSA) is 12.5 Å². The van der Waals surface area contributed by atoms with E-state index < -0.39 is 0 Å². The second kappa shape index (κ2) is 7.38. The summed E-state index contributed by atoms with van der Waals surface area (Å²) >= 11 is 0. The lowest BCUT2D eigenvalue weighted by Crippen LogP contribution is -2.20. The Bertz CT molecular complexity index is 211. The summed E-state index contributed by atoms with van der Waals surface area (Å²) in [6.07, 6.45) is 14.2. The quantitative estimate of drug-likeness (QED) is 0.631. The second-order valence-corrected chi connectivity index (χ2v) is 4.12. The van der Waals surface area contributed by atoms with Gasteiger partial charge in [-0.25, -0.2) is 5.06 Å². The largest absolute Gasteiger partial charge is 0.388 e. The summed E-state index contributed by atoms with van der Waals surface area (Å²) in [5.41, 5.74) is 0. The van der Waals surface area contributed by atoms with Crippen molar-refractivity contribution in [2.45, 2.75) is 46.0 Å². The van der Waals surface area contributed by atoms with Crippen molar-refractivity contribution in [2.75, 3.05) is 6.54 Å². The van der Waals surface area contributed by atoms with Crippen LogP contribution in [0.3, 0.4) is 0 Å². The summed E-state index contributed by atoms with van der Waals surface area (Å²) in [6.45, 7) is 5.55. The van der Waals surface area contributed by atoms with Gasteiger partial charge >= 0.3 is 0 Å². The molecule has 15 heavy (non-hydrogen) atoms. The third-order valence-corrected chi connectivity index (χ3v) is 2.94. The maximum Gasteiger partial charge on any atom is 0.119 e. The molecule has 0 aliphatic carbocycles. The molecule has 1 unspecified atom stereocenters. The van der Waals surface area contributed by atoms with Crippen LogP contribution in [-0.4, -0.2) is 11.6 Å². The fraction of sp³-hybridized carbons (Fsp3) is 0.692. The van der Waals surface area contributed by atoms with E-state index in [2.05, 4.69) is 13.8 Å². The van der Waals surface area contributed by atoms with Crippen LogP contribution in [0, 0.1) is 5.92 Å². The van der Waals surface area contributed by atoms with E-state index in [-0.39, 0.29) is 0 Å². The predicted octanol–water partition coefficient (Wildman–Crippen LogP) is 3.87. The minimum absolute atomic E-state index is 0.854. The molecule has 0 saturated carbocycles. The van der Waals surface area contributed by atoms with E-state index >= 15 is 0 Å². The fourth-order valence-electron chi connectivity index (χ4n) is 1.82. The summed E-state index contributed by atoms with van der Waals surface area (Å²) in [5.74, 6) is 0.854. The molecule has 1 atom stereocenters. The van der Waals surface area contributed by atoms with Gasteiger partial charge in [0.2, 0.25) is 0 Å². The number of hydroxylamine groups is 2. The Labute approximate surface area is 93.6 Å². The van der Waals surface area contributed by atoms with Gasteiger partial charge in [0, 0.05) is 6.20 Å². The van der Waals surface area contributed by atoms with Crippen LogP contribution in [0.1, 0.15) is 46.0 Å². The molecule has 0 radical (unpaired) electrons. The molecule has 0 amide bonds. The molecule has 2 nitrogen and oxygen atoms in total. The number of allylic oxidation sites excluding steroid dienone is 2. The zero-order valence-corrected chi connectivity index (χ0v) is 9.98. The van der Waals surface area contributed by atoms with Crippen molar-refractivity contribution in [2.24, 2.45) is 5.92 Å². The second-order valence-electron chi connectivity index (χ2n) is 4.12. The zero-order chi connectivity index (χ0) is 10.9. The van der Waals surface area contributed by atoms with Gasteiger partial charge in [0.15, 0.2) is 0 Å². The molecule has 86 valence electrons. The molecule has 0 aromatic rings. The van der Waals surface area contributed by atoms with Crippen LogP contribution >= 0.6 is 0 Å². The number of rotatable bonds is 7. The molecule has 0 spiro atoms. The highest BCUT2D eigenvalue weighted by Crippen LogP contribution is 2.17. The number of hydrogen-bond acceptors (Lipinski definition) is 2. The minimum Gasteiger partial charge on any atom is -0.388 e. The molecule has 1 aliphatic rings. The van der Waals surface area contributed by atoms with Crippen molar-refractivity contribution in [3.63, 3.8) is 0 Å². The highest BCUT2D eigenvalue weighted by molar-refractivity contribution is 5.01. The Morgan fingerprint density at radius 2 is 2.07 bits per heavy atom. The summed E-state index contributed by atoms with van der Waals surface area (Å²) in [4.78, 5) is 5.34. The van der Waals surface area contributed by atoms with Crippen LogP contribution in [-0.2, 0) is 4.84 Å². The standard InChI is InChI=1S/C13H23NO/c1-3-5-8-13(4-2)9-11-14-10-6-7-12-15-14/h6-7,10,12-13H,3-5,8-9,11H2,1-2H3. The molecule has 2 heteroatoms. The molecule has 0 N–H and O–H groups in total. The fourth-order valence-corrected chi connectivity index (χ4v) is 1.82. The Kier molecular flexibility index (Phi) is 5.98. The van der Waals surface area contributed by atoms with Crippen molar-refractivity contribution in [1.82, 2.24) is 5.06 Å². The first kappa shape index (κ1) is 12.2. The average Bonchev–Trinajstić information content (AvgIpc) is 2.31. The van der Waals surface area contributed by atoms with Gasteiger partial charge in [0.1, 0.15) is 6.26 Å². The van der Waals surface area contributed by atoms with Crippen LogP contribution in [0.15, 0.2) is 24.6 Å². The van der Waals surface area contributed by atoms with Crippen LogP contribution in [0.2, 0.25) is 0 Å². The van der Waals surface area contributed by atoms with Crippen LogP contribution in [0.4, 0.5) is 0 Å². The van der Waals surface area contributed by atoms with E-state index in [4.69, 9.17) is 4.84 Å². The maximum atomic E-state index is 5.34. The Morgan fingerprint density at radius 3 is 2.67 bits per heavy atom. The van der Waals surface area contributed by atoms with E-state index in [1.807, 2.05) is 23.4 Å². The molecule has 0 fully saturated rings. The van der Waals surface area contributed by atoms with Crippen LogP contribution in [0.25, 0.3) is 0 Å².